The van der Waals surface area contributed by atoms with Crippen LogP contribution >= 0.6 is 0 Å². The summed E-state index contributed by atoms with van der Waals surface area (Å²) in [6, 6.07) is 12.7. The average Bonchev–Trinajstić information content (AvgIpc) is 3.04. The number of aromatic nitrogens is 2. The van der Waals surface area contributed by atoms with E-state index in [-0.39, 0.29) is 12.1 Å². The molecule has 3 aromatic rings. The largest absolute Gasteiger partial charge is 0.481 e. The van der Waals surface area contributed by atoms with Crippen molar-refractivity contribution in [1.82, 2.24) is 15.1 Å². The summed E-state index contributed by atoms with van der Waals surface area (Å²) in [7, 11) is 0. The Morgan fingerprint density at radius 3 is 2.39 bits per heavy atom. The normalized spacial score (nSPS) is 11.8. The molecule has 0 spiro atoms. The Bertz CT molecular complexity index is 1050. The topological polar surface area (TPSA) is 104 Å². The molecule has 1 atom stereocenters. The lowest BCUT2D eigenvalue weighted by molar-refractivity contribution is -0.137. The molecule has 8 heteroatoms. The van der Waals surface area contributed by atoms with Gasteiger partial charge in [-0.2, -0.15) is 0 Å². The molecule has 0 aliphatic carbocycles. The summed E-state index contributed by atoms with van der Waals surface area (Å²) in [5.41, 5.74) is 1.48. The van der Waals surface area contributed by atoms with Crippen LogP contribution in [0.25, 0.3) is 5.69 Å². The van der Waals surface area contributed by atoms with Gasteiger partial charge in [0.25, 0.3) is 11.5 Å². The van der Waals surface area contributed by atoms with Gasteiger partial charge < -0.3 is 10.4 Å². The maximum absolute atomic E-state index is 13.1. The van der Waals surface area contributed by atoms with Gasteiger partial charge in [-0.15, -0.1) is 0 Å². The molecule has 1 amide bonds. The number of hydrogen-bond acceptors (Lipinski definition) is 3. The Balaban J connectivity index is 1.85. The minimum absolute atomic E-state index is 0.0307. The molecule has 0 aliphatic heterocycles. The van der Waals surface area contributed by atoms with Crippen molar-refractivity contribution in [2.45, 2.75) is 19.4 Å². The third kappa shape index (κ3) is 4.35. The Kier molecular flexibility index (Phi) is 5.39. The minimum Gasteiger partial charge on any atom is -0.481 e. The van der Waals surface area contributed by atoms with Gasteiger partial charge in [-0.1, -0.05) is 29.8 Å². The highest BCUT2D eigenvalue weighted by molar-refractivity contribution is 5.92. The summed E-state index contributed by atoms with van der Waals surface area (Å²) in [5, 5.41) is 14.5. The number of nitrogens with zero attached hydrogens (tertiary/aromatic N) is 1. The van der Waals surface area contributed by atoms with Crippen LogP contribution in [0.5, 0.6) is 0 Å². The number of carbonyl (C=O) groups excluding carboxylic acids is 1. The van der Waals surface area contributed by atoms with E-state index in [0.29, 0.717) is 11.3 Å². The second-order valence-electron chi connectivity index (χ2n) is 6.35. The molecular formula is C20H18FN3O4. The van der Waals surface area contributed by atoms with E-state index in [9.17, 15) is 18.8 Å². The third-order valence-corrected chi connectivity index (χ3v) is 4.21. The Hall–Kier alpha value is -3.68. The smallest absolute Gasteiger partial charge is 0.305 e. The van der Waals surface area contributed by atoms with Crippen LogP contribution in [0.2, 0.25) is 0 Å². The van der Waals surface area contributed by atoms with E-state index in [1.54, 1.807) is 12.1 Å². The van der Waals surface area contributed by atoms with Gasteiger partial charge in [-0.25, -0.2) is 9.07 Å². The standard InChI is InChI=1S/C20H18FN3O4/c1-12-2-4-13(5-3-12)16(11-19(26)27)22-20(28)17-10-18(25)24(23-17)15-8-6-14(21)7-9-15/h2-10,16,23H,11H2,1H3,(H,22,28)(H,26,27)/t16-/m0/s1. The molecular weight excluding hydrogens is 365 g/mol. The average molecular weight is 383 g/mol. The van der Waals surface area contributed by atoms with Crippen LogP contribution in [0.3, 0.4) is 0 Å². The number of aromatic amines is 1. The summed E-state index contributed by atoms with van der Waals surface area (Å²) in [5.74, 6) is -2.14. The lowest BCUT2D eigenvalue weighted by Gasteiger charge is -2.17. The van der Waals surface area contributed by atoms with Crippen molar-refractivity contribution >= 4 is 11.9 Å². The van der Waals surface area contributed by atoms with Crippen molar-refractivity contribution in [3.8, 4) is 5.69 Å². The zero-order valence-corrected chi connectivity index (χ0v) is 15.0. The van der Waals surface area contributed by atoms with Crippen molar-refractivity contribution in [3.05, 3.63) is 87.6 Å². The molecule has 0 unspecified atom stereocenters. The molecule has 0 aliphatic rings. The second-order valence-corrected chi connectivity index (χ2v) is 6.35. The molecule has 0 bridgehead atoms. The predicted octanol–water partition coefficient (Wildman–Crippen LogP) is 2.56. The number of rotatable bonds is 6. The number of carboxylic acid groups (broad SMARTS) is 1. The number of benzene rings is 2. The van der Waals surface area contributed by atoms with E-state index < -0.39 is 29.3 Å². The fourth-order valence-electron chi connectivity index (χ4n) is 2.76. The quantitative estimate of drug-likeness (QED) is 0.608. The number of aliphatic carboxylic acids is 1. The molecule has 0 fully saturated rings. The fourth-order valence-corrected chi connectivity index (χ4v) is 2.76. The summed E-state index contributed by atoms with van der Waals surface area (Å²) < 4.78 is 14.2. The monoisotopic (exact) mass is 383 g/mol. The summed E-state index contributed by atoms with van der Waals surface area (Å²) >= 11 is 0. The molecule has 144 valence electrons. The highest BCUT2D eigenvalue weighted by Crippen LogP contribution is 2.18. The van der Waals surface area contributed by atoms with E-state index in [1.807, 2.05) is 19.1 Å². The van der Waals surface area contributed by atoms with Crippen LogP contribution in [0.1, 0.15) is 34.1 Å². The number of carbonyl (C=O) groups is 2. The summed E-state index contributed by atoms with van der Waals surface area (Å²) in [6.45, 7) is 1.90. The number of hydrogen-bond donors (Lipinski definition) is 3. The van der Waals surface area contributed by atoms with Crippen LogP contribution < -0.4 is 10.9 Å². The first kappa shape index (κ1) is 19.1. The van der Waals surface area contributed by atoms with Gasteiger partial charge in [0.15, 0.2) is 0 Å². The SMILES string of the molecule is Cc1ccc([C@H](CC(=O)O)NC(=O)c2cc(=O)n(-c3ccc(F)cc3)[nH]2)cc1. The molecule has 3 rings (SSSR count). The number of carboxylic acids is 1. The van der Waals surface area contributed by atoms with Gasteiger partial charge in [0, 0.05) is 6.07 Å². The zero-order valence-electron chi connectivity index (χ0n) is 15.0. The first-order chi connectivity index (χ1) is 13.3. The fraction of sp³-hybridized carbons (Fsp3) is 0.150. The number of amides is 1. The van der Waals surface area contributed by atoms with Gasteiger partial charge in [-0.3, -0.25) is 19.5 Å². The zero-order chi connectivity index (χ0) is 20.3. The lowest BCUT2D eigenvalue weighted by atomic mass is 10.0. The van der Waals surface area contributed by atoms with Crippen molar-refractivity contribution in [1.29, 1.82) is 0 Å². The van der Waals surface area contributed by atoms with Crippen LogP contribution in [-0.2, 0) is 4.79 Å². The first-order valence-electron chi connectivity index (χ1n) is 8.51. The summed E-state index contributed by atoms with van der Waals surface area (Å²) in [4.78, 5) is 35.9. The molecule has 7 nitrogen and oxygen atoms in total. The molecule has 1 aromatic heterocycles. The number of H-pyrrole nitrogens is 1. The highest BCUT2D eigenvalue weighted by Gasteiger charge is 2.20. The van der Waals surface area contributed by atoms with Gasteiger partial charge in [0.2, 0.25) is 0 Å². The Morgan fingerprint density at radius 1 is 1.14 bits per heavy atom. The van der Waals surface area contributed by atoms with Crippen molar-refractivity contribution in [2.75, 3.05) is 0 Å². The number of nitrogens with one attached hydrogen (secondary N) is 2. The maximum Gasteiger partial charge on any atom is 0.305 e. The van der Waals surface area contributed by atoms with Gasteiger partial charge in [-0.05, 0) is 36.8 Å². The van der Waals surface area contributed by atoms with Gasteiger partial charge in [0.1, 0.15) is 11.5 Å². The lowest BCUT2D eigenvalue weighted by Crippen LogP contribution is -2.30. The van der Waals surface area contributed by atoms with Crippen LogP contribution in [0, 0.1) is 12.7 Å². The Morgan fingerprint density at radius 2 is 1.79 bits per heavy atom. The highest BCUT2D eigenvalue weighted by atomic mass is 19.1. The van der Waals surface area contributed by atoms with E-state index in [2.05, 4.69) is 10.4 Å². The van der Waals surface area contributed by atoms with E-state index in [4.69, 9.17) is 5.11 Å². The van der Waals surface area contributed by atoms with E-state index >= 15 is 0 Å². The van der Waals surface area contributed by atoms with Gasteiger partial charge >= 0.3 is 5.97 Å². The molecule has 28 heavy (non-hydrogen) atoms. The molecule has 0 saturated carbocycles. The van der Waals surface area contributed by atoms with Crippen molar-refractivity contribution in [3.63, 3.8) is 0 Å². The number of halogens is 1. The number of aryl methyl sites for hydroxylation is 1. The molecule has 0 saturated heterocycles. The Labute approximate surface area is 159 Å². The van der Waals surface area contributed by atoms with Crippen LogP contribution in [0.4, 0.5) is 4.39 Å². The van der Waals surface area contributed by atoms with Gasteiger partial charge in [0.05, 0.1) is 18.2 Å². The predicted molar refractivity (Wildman–Crippen MR) is 100.0 cm³/mol. The molecule has 1 heterocycles. The minimum atomic E-state index is -1.07. The van der Waals surface area contributed by atoms with E-state index in [0.717, 1.165) is 16.3 Å². The summed E-state index contributed by atoms with van der Waals surface area (Å²) in [6.07, 6.45) is -0.308. The molecule has 2 aromatic carbocycles. The third-order valence-electron chi connectivity index (χ3n) is 4.21. The molecule has 0 radical (unpaired) electrons. The van der Waals surface area contributed by atoms with Crippen molar-refractivity contribution < 1.29 is 19.1 Å². The first-order valence-corrected chi connectivity index (χ1v) is 8.51. The maximum atomic E-state index is 13.1. The second kappa shape index (κ2) is 7.91. The van der Waals surface area contributed by atoms with Crippen molar-refractivity contribution in [2.24, 2.45) is 0 Å². The van der Waals surface area contributed by atoms with E-state index in [1.165, 1.54) is 24.3 Å². The van der Waals surface area contributed by atoms with Crippen LogP contribution in [0.15, 0.2) is 59.4 Å². The molecule has 3 N–H and O–H groups in total. The van der Waals surface area contributed by atoms with Crippen LogP contribution in [-0.4, -0.2) is 26.8 Å².